The smallest absolute Gasteiger partial charge is 0.335 e. The number of ether oxygens (including phenoxy) is 1. The summed E-state index contributed by atoms with van der Waals surface area (Å²) in [6.45, 7) is 11.1. The van der Waals surface area contributed by atoms with Gasteiger partial charge in [0.2, 0.25) is 0 Å². The van der Waals surface area contributed by atoms with E-state index in [1.807, 2.05) is 45.0 Å². The number of aliphatic hydroxyl groups excluding tert-OH is 2. The van der Waals surface area contributed by atoms with Crippen molar-refractivity contribution in [2.75, 3.05) is 15.3 Å². The molecule has 4 aromatic carbocycles. The van der Waals surface area contributed by atoms with E-state index in [0.717, 1.165) is 16.7 Å². The van der Waals surface area contributed by atoms with Gasteiger partial charge in [-0.1, -0.05) is 48.0 Å². The number of carboxylic acids is 1. The molecule has 2 amide bonds. The average Bonchev–Trinajstić information content (AvgIpc) is 3.63. The number of aryl methyl sites for hydroxylation is 3. The minimum absolute atomic E-state index is 0.121. The lowest BCUT2D eigenvalue weighted by atomic mass is 10.0. The van der Waals surface area contributed by atoms with E-state index < -0.39 is 24.6 Å². The maximum atomic E-state index is 12.9. The minimum atomic E-state index is -1.59. The van der Waals surface area contributed by atoms with Crippen molar-refractivity contribution in [1.29, 1.82) is 0 Å². The lowest BCUT2D eigenvalue weighted by molar-refractivity contribution is -0.122. The molecule has 1 saturated heterocycles. The lowest BCUT2D eigenvalue weighted by Crippen LogP contribution is -2.39. The molecular formula is C43H47N5O9. The summed E-state index contributed by atoms with van der Waals surface area (Å²) in [7, 11) is 0. The first-order valence-corrected chi connectivity index (χ1v) is 18.2. The summed E-state index contributed by atoms with van der Waals surface area (Å²) >= 11 is 0. The monoisotopic (exact) mass is 777 g/mol. The molecule has 0 spiro atoms. The van der Waals surface area contributed by atoms with Crippen molar-refractivity contribution in [3.05, 3.63) is 137 Å². The molecule has 2 aliphatic rings. The molecule has 1 fully saturated rings. The summed E-state index contributed by atoms with van der Waals surface area (Å²) in [5.74, 6) is -1.05. The van der Waals surface area contributed by atoms with Crippen LogP contribution in [0.3, 0.4) is 0 Å². The Hall–Kier alpha value is -6.32. The number of aliphatic hydroxyl groups is 3. The number of aromatic hydroxyl groups is 1. The Labute approximate surface area is 330 Å². The number of anilines is 3. The summed E-state index contributed by atoms with van der Waals surface area (Å²) < 4.78 is 5.71. The molecule has 0 aliphatic carbocycles. The zero-order valence-electron chi connectivity index (χ0n) is 32.4. The van der Waals surface area contributed by atoms with Crippen molar-refractivity contribution in [1.82, 2.24) is 5.43 Å². The van der Waals surface area contributed by atoms with Gasteiger partial charge in [-0.05, 0) is 107 Å². The van der Waals surface area contributed by atoms with Gasteiger partial charge in [0, 0.05) is 29.3 Å². The Bertz CT molecular complexity index is 2200. The zero-order chi connectivity index (χ0) is 41.6. The maximum absolute atomic E-state index is 12.9. The fourth-order valence-electron chi connectivity index (χ4n) is 6.13. The number of nitrogens with one attached hydrogen (secondary N) is 2. The third-order valence-corrected chi connectivity index (χ3v) is 9.50. The normalized spacial score (nSPS) is 19.1. The number of carbonyl (C=O) groups is 3. The van der Waals surface area contributed by atoms with Crippen LogP contribution in [0.5, 0.6) is 11.5 Å². The second-order valence-electron chi connectivity index (χ2n) is 13.9. The molecule has 4 aromatic rings. The average molecular weight is 778 g/mol. The van der Waals surface area contributed by atoms with Crippen LogP contribution in [0.15, 0.2) is 114 Å². The number of hydrogen-bond acceptors (Lipinski definition) is 11. The van der Waals surface area contributed by atoms with Crippen LogP contribution in [-0.4, -0.2) is 67.4 Å². The van der Waals surface area contributed by atoms with E-state index in [1.165, 1.54) is 35.3 Å². The highest BCUT2D eigenvalue weighted by Crippen LogP contribution is 2.29. The predicted octanol–water partition coefficient (Wildman–Crippen LogP) is 5.64. The molecule has 57 heavy (non-hydrogen) atoms. The van der Waals surface area contributed by atoms with Gasteiger partial charge in [0.25, 0.3) is 11.8 Å². The van der Waals surface area contributed by atoms with Crippen molar-refractivity contribution in [2.45, 2.75) is 66.2 Å². The molecule has 0 bridgehead atoms. The minimum Gasteiger partial charge on any atom is -0.508 e. The zero-order valence-corrected chi connectivity index (χ0v) is 32.4. The second-order valence-corrected chi connectivity index (χ2v) is 13.9. The van der Waals surface area contributed by atoms with E-state index in [-0.39, 0.29) is 35.1 Å². The van der Waals surface area contributed by atoms with Crippen LogP contribution in [0, 0.1) is 26.7 Å². The largest absolute Gasteiger partial charge is 0.508 e. The Morgan fingerprint density at radius 2 is 1.58 bits per heavy atom. The summed E-state index contributed by atoms with van der Waals surface area (Å²) in [5.41, 5.74) is 9.17. The molecule has 4 unspecified atom stereocenters. The van der Waals surface area contributed by atoms with Gasteiger partial charge in [0.1, 0.15) is 17.7 Å². The SMILES string of the molecule is CC1=NN(c2ccc(C(O)O)cc2)C(=O)/C1=C/C=C/C1C(C)NN(c2ccc(C(=O)O)cc2)C1O.Cc1ccc(OC(C)C(=O)Nc2ccc(C)c(O)c2)c(C)c1. The standard InChI is InChI=1S/C25H26N4O6.C18H21NO3/c1-14-20(22(30)28(26-14)18-10-6-16(7-11-18)24(32)33)4-3-5-21-15(2)27-29(23(21)31)19-12-8-17(9-13-19)25(34)35;1-11-5-8-17(13(3)9-11)22-14(4)18(21)19-15-7-6-12(2)16(20)10-15/h3-14,20,22,25-26,30,34-35H,1-2H3,(H,32,33);5-10,14,20H,1-4H3,(H,19,21)/b4-3+,21-5+;. The highest BCUT2D eigenvalue weighted by molar-refractivity contribution is 6.29. The number of nitrogens with zero attached hydrogens (tertiary/aromatic N) is 3. The second kappa shape index (κ2) is 18.1. The highest BCUT2D eigenvalue weighted by atomic mass is 16.5. The molecule has 2 heterocycles. The third-order valence-electron chi connectivity index (χ3n) is 9.50. The lowest BCUT2D eigenvalue weighted by Gasteiger charge is -2.23. The Morgan fingerprint density at radius 3 is 2.19 bits per heavy atom. The quantitative estimate of drug-likeness (QED) is 0.0775. The van der Waals surface area contributed by atoms with Crippen molar-refractivity contribution in [3.8, 4) is 11.5 Å². The first-order chi connectivity index (χ1) is 27.0. The topological polar surface area (TPSA) is 204 Å². The van der Waals surface area contributed by atoms with Gasteiger partial charge in [-0.2, -0.15) is 10.1 Å². The van der Waals surface area contributed by atoms with E-state index in [9.17, 15) is 34.8 Å². The van der Waals surface area contributed by atoms with E-state index in [0.29, 0.717) is 39.7 Å². The van der Waals surface area contributed by atoms with Crippen molar-refractivity contribution < 1.29 is 44.7 Å². The number of aromatic carboxylic acids is 1. The Kier molecular flexibility index (Phi) is 13.3. The van der Waals surface area contributed by atoms with Crippen LogP contribution in [0.25, 0.3) is 0 Å². The first-order valence-electron chi connectivity index (χ1n) is 18.2. The summed E-state index contributed by atoms with van der Waals surface area (Å²) in [4.78, 5) is 36.1. The van der Waals surface area contributed by atoms with E-state index in [2.05, 4.69) is 15.8 Å². The molecule has 298 valence electrons. The van der Waals surface area contributed by atoms with Crippen molar-refractivity contribution in [3.63, 3.8) is 0 Å². The van der Waals surface area contributed by atoms with Gasteiger partial charge in [-0.15, -0.1) is 0 Å². The molecule has 0 saturated carbocycles. The van der Waals surface area contributed by atoms with Gasteiger partial charge in [0.15, 0.2) is 12.4 Å². The Balaban J connectivity index is 0.000000242. The van der Waals surface area contributed by atoms with Gasteiger partial charge in [0.05, 0.1) is 28.2 Å². The first kappa shape index (κ1) is 41.8. The van der Waals surface area contributed by atoms with Gasteiger partial charge >= 0.3 is 5.97 Å². The molecule has 4 atom stereocenters. The third kappa shape index (κ3) is 10.1. The van der Waals surface area contributed by atoms with E-state index in [4.69, 9.17) is 9.84 Å². The number of hydrazine groups is 1. The number of hydrazone groups is 1. The molecule has 7 N–H and O–H groups in total. The van der Waals surface area contributed by atoms with Crippen LogP contribution in [0.1, 0.15) is 59.7 Å². The summed E-state index contributed by atoms with van der Waals surface area (Å²) in [5, 5.41) is 57.9. The maximum Gasteiger partial charge on any atom is 0.335 e. The number of allylic oxidation sites excluding steroid dienone is 2. The number of phenols is 1. The van der Waals surface area contributed by atoms with Crippen LogP contribution < -0.4 is 25.5 Å². The Morgan fingerprint density at radius 1 is 0.912 bits per heavy atom. The number of carboxylic acid groups (broad SMARTS) is 1. The van der Waals surface area contributed by atoms with E-state index in [1.54, 1.807) is 74.3 Å². The molecule has 0 aromatic heterocycles. The number of amides is 2. The molecule has 6 rings (SSSR count). The van der Waals surface area contributed by atoms with Crippen LogP contribution in [0.2, 0.25) is 0 Å². The van der Waals surface area contributed by atoms with Crippen molar-refractivity contribution in [2.24, 2.45) is 11.0 Å². The number of phenolic OH excluding ortho intramolecular Hbond substituents is 1. The molecule has 2 aliphatic heterocycles. The van der Waals surface area contributed by atoms with Crippen LogP contribution >= 0.6 is 0 Å². The van der Waals surface area contributed by atoms with Gasteiger partial charge in [-0.25, -0.2) is 10.2 Å². The number of hydrogen-bond donors (Lipinski definition) is 7. The highest BCUT2D eigenvalue weighted by Gasteiger charge is 2.37. The number of benzene rings is 4. The molecular weight excluding hydrogens is 730 g/mol. The van der Waals surface area contributed by atoms with Crippen molar-refractivity contribution >= 4 is 40.6 Å². The number of carbonyl (C=O) groups excluding carboxylic acids is 2. The predicted molar refractivity (Wildman–Crippen MR) is 217 cm³/mol. The van der Waals surface area contributed by atoms with E-state index >= 15 is 0 Å². The van der Waals surface area contributed by atoms with Crippen LogP contribution in [-0.2, 0) is 9.59 Å². The summed E-state index contributed by atoms with van der Waals surface area (Å²) in [6, 6.07) is 23.1. The molecule has 0 radical (unpaired) electrons. The molecule has 14 heteroatoms. The van der Waals surface area contributed by atoms with Gasteiger partial charge < -0.3 is 35.6 Å². The fourth-order valence-corrected chi connectivity index (χ4v) is 6.13. The van der Waals surface area contributed by atoms with Crippen LogP contribution in [0.4, 0.5) is 17.1 Å². The van der Waals surface area contributed by atoms with Gasteiger partial charge in [-0.3, -0.25) is 14.6 Å². The fraction of sp³-hybridized carbons (Fsp3) is 0.256. The number of rotatable bonds is 10. The molecule has 14 nitrogen and oxygen atoms in total. The summed E-state index contributed by atoms with van der Waals surface area (Å²) in [6.07, 6.45) is 2.04.